The summed E-state index contributed by atoms with van der Waals surface area (Å²) in [5.41, 5.74) is 2.51. The molecule has 0 fully saturated rings. The van der Waals surface area contributed by atoms with Gasteiger partial charge in [-0.2, -0.15) is 0 Å². The van der Waals surface area contributed by atoms with Crippen LogP contribution in [0.3, 0.4) is 0 Å². The molecule has 19 heavy (non-hydrogen) atoms. The third-order valence-electron chi connectivity index (χ3n) is 2.82. The molecule has 2 heterocycles. The van der Waals surface area contributed by atoms with Crippen molar-refractivity contribution in [2.75, 3.05) is 6.54 Å². The van der Waals surface area contributed by atoms with Crippen molar-refractivity contribution in [3.05, 3.63) is 46.1 Å². The van der Waals surface area contributed by atoms with Crippen LogP contribution in [0.25, 0.3) is 11.4 Å². The van der Waals surface area contributed by atoms with Gasteiger partial charge in [0.05, 0.1) is 5.69 Å². The Kier molecular flexibility index (Phi) is 4.41. The lowest BCUT2D eigenvalue weighted by atomic mass is 10.1. The topological polar surface area (TPSA) is 70.7 Å². The fraction of sp³-hybridized carbons (Fsp3) is 0.357. The van der Waals surface area contributed by atoms with Crippen molar-refractivity contribution in [3.8, 4) is 11.4 Å². The van der Waals surface area contributed by atoms with Gasteiger partial charge in [-0.25, -0.2) is 4.98 Å². The van der Waals surface area contributed by atoms with Crippen LogP contribution in [-0.2, 0) is 6.54 Å². The number of nitrogens with one attached hydrogen (secondary N) is 2. The Morgan fingerprint density at radius 1 is 1.42 bits per heavy atom. The highest BCUT2D eigenvalue weighted by molar-refractivity contribution is 5.57. The molecule has 2 rings (SSSR count). The first-order valence-corrected chi connectivity index (χ1v) is 6.42. The molecular weight excluding hydrogens is 240 g/mol. The second-order valence-electron chi connectivity index (χ2n) is 4.45. The van der Waals surface area contributed by atoms with Gasteiger partial charge in [-0.15, -0.1) is 0 Å². The molecule has 0 aliphatic heterocycles. The van der Waals surface area contributed by atoms with E-state index >= 15 is 0 Å². The zero-order valence-electron chi connectivity index (χ0n) is 11.2. The minimum absolute atomic E-state index is 0.137. The SMILES string of the molecule is CCCNCc1cc(=O)[nH]c(-c2cnccc2C)n1. The lowest BCUT2D eigenvalue weighted by Crippen LogP contribution is -2.18. The fourth-order valence-corrected chi connectivity index (χ4v) is 1.83. The molecular formula is C14H18N4O. The van der Waals surface area contributed by atoms with E-state index in [4.69, 9.17) is 0 Å². The maximum absolute atomic E-state index is 11.7. The first kappa shape index (κ1) is 13.4. The largest absolute Gasteiger partial charge is 0.311 e. The van der Waals surface area contributed by atoms with Gasteiger partial charge in [0.2, 0.25) is 0 Å². The summed E-state index contributed by atoms with van der Waals surface area (Å²) >= 11 is 0. The van der Waals surface area contributed by atoms with Crippen molar-refractivity contribution in [2.24, 2.45) is 0 Å². The maximum atomic E-state index is 11.7. The Bertz CT molecular complexity index is 606. The van der Waals surface area contributed by atoms with Crippen LogP contribution in [0, 0.1) is 6.92 Å². The van der Waals surface area contributed by atoms with Crippen LogP contribution in [0.15, 0.2) is 29.3 Å². The third kappa shape index (κ3) is 3.48. The van der Waals surface area contributed by atoms with E-state index in [2.05, 4.69) is 27.2 Å². The predicted octanol–water partition coefficient (Wildman–Crippen LogP) is 1.64. The van der Waals surface area contributed by atoms with E-state index in [-0.39, 0.29) is 5.56 Å². The number of H-pyrrole nitrogens is 1. The number of aromatic nitrogens is 3. The van der Waals surface area contributed by atoms with Gasteiger partial charge in [-0.1, -0.05) is 6.92 Å². The summed E-state index contributed by atoms with van der Waals surface area (Å²) in [4.78, 5) is 23.0. The molecule has 0 saturated carbocycles. The molecule has 0 aliphatic carbocycles. The van der Waals surface area contributed by atoms with Crippen LogP contribution in [-0.4, -0.2) is 21.5 Å². The highest BCUT2D eigenvalue weighted by atomic mass is 16.1. The van der Waals surface area contributed by atoms with Crippen LogP contribution in [0.4, 0.5) is 0 Å². The molecule has 0 amide bonds. The summed E-state index contributed by atoms with van der Waals surface area (Å²) in [7, 11) is 0. The molecule has 0 aliphatic rings. The van der Waals surface area contributed by atoms with Gasteiger partial charge >= 0.3 is 0 Å². The molecule has 5 nitrogen and oxygen atoms in total. The van der Waals surface area contributed by atoms with Crippen LogP contribution in [0.1, 0.15) is 24.6 Å². The van der Waals surface area contributed by atoms with Crippen LogP contribution in [0.2, 0.25) is 0 Å². The van der Waals surface area contributed by atoms with Crippen molar-refractivity contribution in [2.45, 2.75) is 26.8 Å². The smallest absolute Gasteiger partial charge is 0.251 e. The molecule has 5 heteroatoms. The molecule has 0 radical (unpaired) electrons. The summed E-state index contributed by atoms with van der Waals surface area (Å²) in [6.07, 6.45) is 4.50. The summed E-state index contributed by atoms with van der Waals surface area (Å²) in [5, 5.41) is 3.24. The van der Waals surface area contributed by atoms with Crippen molar-refractivity contribution in [1.82, 2.24) is 20.3 Å². The highest BCUT2D eigenvalue weighted by Crippen LogP contribution is 2.16. The molecule has 0 unspecified atom stereocenters. The van der Waals surface area contributed by atoms with Gasteiger partial charge in [0.25, 0.3) is 5.56 Å². The Hall–Kier alpha value is -2.01. The maximum Gasteiger partial charge on any atom is 0.251 e. The first-order valence-electron chi connectivity index (χ1n) is 6.42. The van der Waals surface area contributed by atoms with E-state index in [1.807, 2.05) is 13.0 Å². The molecule has 0 aromatic carbocycles. The zero-order valence-corrected chi connectivity index (χ0v) is 11.2. The molecule has 0 atom stereocenters. The molecule has 100 valence electrons. The monoisotopic (exact) mass is 258 g/mol. The lowest BCUT2D eigenvalue weighted by molar-refractivity contribution is 0.662. The molecule has 0 saturated heterocycles. The third-order valence-corrected chi connectivity index (χ3v) is 2.82. The van der Waals surface area contributed by atoms with Crippen molar-refractivity contribution < 1.29 is 0 Å². The number of hydrogen-bond donors (Lipinski definition) is 2. The van der Waals surface area contributed by atoms with E-state index < -0.39 is 0 Å². The van der Waals surface area contributed by atoms with E-state index in [1.54, 1.807) is 12.4 Å². The summed E-state index contributed by atoms with van der Waals surface area (Å²) in [6, 6.07) is 3.43. The molecule has 0 bridgehead atoms. The van der Waals surface area contributed by atoms with E-state index in [0.29, 0.717) is 12.4 Å². The van der Waals surface area contributed by atoms with Crippen molar-refractivity contribution in [3.63, 3.8) is 0 Å². The van der Waals surface area contributed by atoms with Crippen LogP contribution in [0.5, 0.6) is 0 Å². The molecule has 2 N–H and O–H groups in total. The van der Waals surface area contributed by atoms with Gasteiger partial charge in [0.1, 0.15) is 5.82 Å². The number of rotatable bonds is 5. The van der Waals surface area contributed by atoms with E-state index in [9.17, 15) is 4.79 Å². The minimum Gasteiger partial charge on any atom is -0.311 e. The normalized spacial score (nSPS) is 10.6. The quantitative estimate of drug-likeness (QED) is 0.800. The first-order chi connectivity index (χ1) is 9.20. The van der Waals surface area contributed by atoms with Crippen molar-refractivity contribution >= 4 is 0 Å². The van der Waals surface area contributed by atoms with Crippen LogP contribution < -0.4 is 10.9 Å². The van der Waals surface area contributed by atoms with E-state index in [1.165, 1.54) is 6.07 Å². The minimum atomic E-state index is -0.137. The van der Waals surface area contributed by atoms with Gasteiger partial charge < -0.3 is 10.3 Å². The predicted molar refractivity (Wildman–Crippen MR) is 74.8 cm³/mol. The Balaban J connectivity index is 2.31. The molecule has 2 aromatic rings. The van der Waals surface area contributed by atoms with Gasteiger partial charge in [-0.05, 0) is 31.5 Å². The zero-order chi connectivity index (χ0) is 13.7. The van der Waals surface area contributed by atoms with Crippen molar-refractivity contribution in [1.29, 1.82) is 0 Å². The van der Waals surface area contributed by atoms with Gasteiger partial charge in [0, 0.05) is 30.6 Å². The second kappa shape index (κ2) is 6.24. The summed E-state index contributed by atoms with van der Waals surface area (Å²) < 4.78 is 0. The average molecular weight is 258 g/mol. The van der Waals surface area contributed by atoms with E-state index in [0.717, 1.165) is 29.8 Å². The number of aryl methyl sites for hydroxylation is 1. The molecule has 0 spiro atoms. The number of hydrogen-bond acceptors (Lipinski definition) is 4. The summed E-state index contributed by atoms with van der Waals surface area (Å²) in [6.45, 7) is 5.58. The van der Waals surface area contributed by atoms with Crippen LogP contribution >= 0.6 is 0 Å². The number of aromatic amines is 1. The number of nitrogens with zero attached hydrogens (tertiary/aromatic N) is 2. The van der Waals surface area contributed by atoms with Gasteiger partial charge in [-0.3, -0.25) is 9.78 Å². The second-order valence-corrected chi connectivity index (χ2v) is 4.45. The highest BCUT2D eigenvalue weighted by Gasteiger charge is 2.06. The summed E-state index contributed by atoms with van der Waals surface area (Å²) in [5.74, 6) is 0.575. The Morgan fingerprint density at radius 3 is 3.00 bits per heavy atom. The molecule has 2 aromatic heterocycles. The number of pyridine rings is 1. The fourth-order valence-electron chi connectivity index (χ4n) is 1.83. The Labute approximate surface area is 112 Å². The standard InChI is InChI=1S/C14H18N4O/c1-3-5-15-8-11-7-13(19)18-14(17-11)12-9-16-6-4-10(12)2/h4,6-7,9,15H,3,5,8H2,1-2H3,(H,17,18,19). The lowest BCUT2D eigenvalue weighted by Gasteiger charge is -2.07. The Morgan fingerprint density at radius 2 is 2.26 bits per heavy atom. The average Bonchev–Trinajstić information content (AvgIpc) is 2.39. The van der Waals surface area contributed by atoms with Gasteiger partial charge in [0.15, 0.2) is 0 Å².